The summed E-state index contributed by atoms with van der Waals surface area (Å²) in [5.41, 5.74) is 2.29. The zero-order valence-electron chi connectivity index (χ0n) is 10.7. The molecule has 0 heterocycles. The molecule has 4 fully saturated rings. The molecular weight excluding hydrogens is 220 g/mol. The van der Waals surface area contributed by atoms with Gasteiger partial charge in [-0.25, -0.2) is 0 Å². The predicted octanol–water partition coefficient (Wildman–Crippen LogP) is 4.04. The molecule has 1 aromatic rings. The van der Waals surface area contributed by atoms with Crippen molar-refractivity contribution < 1.29 is 4.79 Å². The topological polar surface area (TPSA) is 17.1 Å². The molecule has 0 spiro atoms. The molecule has 0 saturated heterocycles. The van der Waals surface area contributed by atoms with Crippen LogP contribution < -0.4 is 0 Å². The van der Waals surface area contributed by atoms with E-state index in [4.69, 9.17) is 0 Å². The SMILES string of the molecule is O=Cc1ccccc1C1C2CC3CC(C2)CC1C3. The van der Waals surface area contributed by atoms with Gasteiger partial charge in [-0.3, -0.25) is 4.79 Å². The molecular formula is C17H20O. The Kier molecular flexibility index (Phi) is 2.36. The van der Waals surface area contributed by atoms with Gasteiger partial charge in [0.05, 0.1) is 0 Å². The molecule has 4 saturated carbocycles. The quantitative estimate of drug-likeness (QED) is 0.713. The van der Waals surface area contributed by atoms with Crippen LogP contribution >= 0.6 is 0 Å². The second-order valence-electron chi connectivity index (χ2n) is 6.70. The van der Waals surface area contributed by atoms with Gasteiger partial charge in [0, 0.05) is 5.56 Å². The van der Waals surface area contributed by atoms with Crippen molar-refractivity contribution in [1.82, 2.24) is 0 Å². The number of carbonyl (C=O) groups excluding carboxylic acids is 1. The Hall–Kier alpha value is -1.11. The fourth-order valence-electron chi connectivity index (χ4n) is 5.35. The van der Waals surface area contributed by atoms with Crippen molar-refractivity contribution in [1.29, 1.82) is 0 Å². The monoisotopic (exact) mass is 240 g/mol. The molecule has 0 aromatic heterocycles. The first-order chi connectivity index (χ1) is 8.85. The van der Waals surface area contributed by atoms with Crippen LogP contribution in [-0.2, 0) is 0 Å². The third kappa shape index (κ3) is 1.49. The molecule has 94 valence electrons. The van der Waals surface area contributed by atoms with Crippen molar-refractivity contribution in [3.05, 3.63) is 35.4 Å². The summed E-state index contributed by atoms with van der Waals surface area (Å²) in [6.07, 6.45) is 8.24. The molecule has 4 aliphatic rings. The van der Waals surface area contributed by atoms with Gasteiger partial charge in [-0.05, 0) is 67.3 Å². The molecule has 0 atom stereocenters. The average Bonchev–Trinajstić information content (AvgIpc) is 2.38. The van der Waals surface area contributed by atoms with Crippen LogP contribution in [-0.4, -0.2) is 6.29 Å². The first kappa shape index (κ1) is 10.8. The minimum atomic E-state index is 0.680. The first-order valence-corrected chi connectivity index (χ1v) is 7.39. The molecule has 0 N–H and O–H groups in total. The van der Waals surface area contributed by atoms with Crippen molar-refractivity contribution in [3.63, 3.8) is 0 Å². The van der Waals surface area contributed by atoms with Gasteiger partial charge in [-0.2, -0.15) is 0 Å². The lowest BCUT2D eigenvalue weighted by Gasteiger charge is -2.54. The highest BCUT2D eigenvalue weighted by Gasteiger charge is 2.48. The third-order valence-corrected chi connectivity index (χ3v) is 5.71. The summed E-state index contributed by atoms with van der Waals surface area (Å²) in [7, 11) is 0. The third-order valence-electron chi connectivity index (χ3n) is 5.71. The molecule has 0 aliphatic heterocycles. The van der Waals surface area contributed by atoms with Crippen LogP contribution in [0.1, 0.15) is 53.9 Å². The lowest BCUT2D eigenvalue weighted by Crippen LogP contribution is -2.44. The van der Waals surface area contributed by atoms with E-state index in [1.54, 1.807) is 0 Å². The Morgan fingerprint density at radius 3 is 2.11 bits per heavy atom. The summed E-state index contributed by atoms with van der Waals surface area (Å²) < 4.78 is 0. The molecule has 0 unspecified atom stereocenters. The molecule has 18 heavy (non-hydrogen) atoms. The van der Waals surface area contributed by atoms with Crippen molar-refractivity contribution in [2.75, 3.05) is 0 Å². The number of hydrogen-bond donors (Lipinski definition) is 0. The van der Waals surface area contributed by atoms with Gasteiger partial charge < -0.3 is 0 Å². The number of aldehydes is 1. The summed E-state index contributed by atoms with van der Waals surface area (Å²) in [5.74, 6) is 4.42. The fraction of sp³-hybridized carbons (Fsp3) is 0.588. The van der Waals surface area contributed by atoms with E-state index in [0.29, 0.717) is 5.92 Å². The molecule has 1 nitrogen and oxygen atoms in total. The summed E-state index contributed by atoms with van der Waals surface area (Å²) in [5, 5.41) is 0. The molecule has 4 aliphatic carbocycles. The maximum Gasteiger partial charge on any atom is 0.150 e. The Labute approximate surface area is 109 Å². The predicted molar refractivity (Wildman–Crippen MR) is 71.6 cm³/mol. The van der Waals surface area contributed by atoms with Gasteiger partial charge in [0.1, 0.15) is 6.29 Å². The molecule has 5 rings (SSSR count). The van der Waals surface area contributed by atoms with Crippen LogP contribution in [0.5, 0.6) is 0 Å². The molecule has 0 amide bonds. The minimum absolute atomic E-state index is 0.680. The normalized spacial score (nSPS) is 41.0. The maximum absolute atomic E-state index is 11.3. The van der Waals surface area contributed by atoms with Crippen molar-refractivity contribution in [3.8, 4) is 0 Å². The zero-order valence-corrected chi connectivity index (χ0v) is 10.7. The summed E-state index contributed by atoms with van der Waals surface area (Å²) in [6.45, 7) is 0. The van der Waals surface area contributed by atoms with Gasteiger partial charge >= 0.3 is 0 Å². The van der Waals surface area contributed by atoms with E-state index in [1.165, 1.54) is 37.7 Å². The smallest absolute Gasteiger partial charge is 0.150 e. The highest BCUT2D eigenvalue weighted by molar-refractivity contribution is 5.77. The molecule has 4 bridgehead atoms. The van der Waals surface area contributed by atoms with E-state index in [-0.39, 0.29) is 0 Å². The molecule has 1 aromatic carbocycles. The summed E-state index contributed by atoms with van der Waals surface area (Å²) in [6, 6.07) is 8.29. The van der Waals surface area contributed by atoms with Crippen molar-refractivity contribution in [2.45, 2.75) is 38.0 Å². The van der Waals surface area contributed by atoms with Gasteiger partial charge in [-0.1, -0.05) is 24.3 Å². The Balaban J connectivity index is 1.74. The van der Waals surface area contributed by atoms with E-state index in [9.17, 15) is 4.79 Å². The second kappa shape index (κ2) is 3.94. The lowest BCUT2D eigenvalue weighted by atomic mass is 9.50. The highest BCUT2D eigenvalue weighted by Crippen LogP contribution is 2.59. The zero-order chi connectivity index (χ0) is 12.1. The Bertz CT molecular complexity index is 448. The molecule has 0 radical (unpaired) electrons. The fourth-order valence-corrected chi connectivity index (χ4v) is 5.35. The van der Waals surface area contributed by atoms with Crippen LogP contribution in [0.2, 0.25) is 0 Å². The summed E-state index contributed by atoms with van der Waals surface area (Å²) >= 11 is 0. The highest BCUT2D eigenvalue weighted by atomic mass is 16.1. The number of rotatable bonds is 2. The van der Waals surface area contributed by atoms with Gasteiger partial charge in [-0.15, -0.1) is 0 Å². The van der Waals surface area contributed by atoms with E-state index >= 15 is 0 Å². The van der Waals surface area contributed by atoms with Crippen LogP contribution in [0.25, 0.3) is 0 Å². The molecule has 1 heteroatoms. The van der Waals surface area contributed by atoms with Crippen LogP contribution in [0, 0.1) is 23.7 Å². The number of carbonyl (C=O) groups is 1. The average molecular weight is 240 g/mol. The maximum atomic E-state index is 11.3. The second-order valence-corrected chi connectivity index (χ2v) is 6.70. The van der Waals surface area contributed by atoms with E-state index in [0.717, 1.165) is 35.5 Å². The van der Waals surface area contributed by atoms with Crippen molar-refractivity contribution in [2.24, 2.45) is 23.7 Å². The van der Waals surface area contributed by atoms with Gasteiger partial charge in [0.25, 0.3) is 0 Å². The Morgan fingerprint density at radius 2 is 1.50 bits per heavy atom. The number of benzene rings is 1. The van der Waals surface area contributed by atoms with E-state index in [1.807, 2.05) is 12.1 Å². The van der Waals surface area contributed by atoms with Gasteiger partial charge in [0.2, 0.25) is 0 Å². The largest absolute Gasteiger partial charge is 0.298 e. The van der Waals surface area contributed by atoms with Crippen molar-refractivity contribution >= 4 is 6.29 Å². The van der Waals surface area contributed by atoms with Crippen LogP contribution in [0.15, 0.2) is 24.3 Å². The van der Waals surface area contributed by atoms with E-state index in [2.05, 4.69) is 12.1 Å². The van der Waals surface area contributed by atoms with Crippen LogP contribution in [0.4, 0.5) is 0 Å². The first-order valence-electron chi connectivity index (χ1n) is 7.39. The van der Waals surface area contributed by atoms with Crippen LogP contribution in [0.3, 0.4) is 0 Å². The number of hydrogen-bond acceptors (Lipinski definition) is 1. The standard InChI is InChI=1S/C17H20O/c18-10-13-3-1-2-4-16(13)17-14-6-11-5-12(8-14)9-15(17)7-11/h1-4,10-12,14-15,17H,5-9H2. The lowest BCUT2D eigenvalue weighted by molar-refractivity contribution is -0.00292. The summed E-state index contributed by atoms with van der Waals surface area (Å²) in [4.78, 5) is 11.3. The van der Waals surface area contributed by atoms with E-state index < -0.39 is 0 Å². The minimum Gasteiger partial charge on any atom is -0.298 e. The van der Waals surface area contributed by atoms with Gasteiger partial charge in [0.15, 0.2) is 0 Å². The Morgan fingerprint density at radius 1 is 0.889 bits per heavy atom.